The Kier molecular flexibility index (Phi) is 4.91. The number of thioether (sulfide) groups is 1. The number of fused-ring (bicyclic) bond motifs is 4. The third-order valence-electron chi connectivity index (χ3n) is 7.44. The summed E-state index contributed by atoms with van der Waals surface area (Å²) in [6.45, 7) is 1.87. The molecule has 30 heavy (non-hydrogen) atoms. The van der Waals surface area contributed by atoms with Crippen LogP contribution in [0.3, 0.4) is 0 Å². The van der Waals surface area contributed by atoms with Crippen molar-refractivity contribution in [3.05, 3.63) is 28.3 Å². The molecule has 0 unspecified atom stereocenters. The molecule has 4 aliphatic rings. The molecule has 2 saturated heterocycles. The maximum absolute atomic E-state index is 13.7. The van der Waals surface area contributed by atoms with Crippen molar-refractivity contribution in [3.8, 4) is 0 Å². The molecule has 3 fully saturated rings. The zero-order chi connectivity index (χ0) is 21.2. The van der Waals surface area contributed by atoms with Crippen LogP contribution in [0.1, 0.15) is 43.2 Å². The van der Waals surface area contributed by atoms with E-state index in [9.17, 15) is 14.4 Å². The third-order valence-corrected chi connectivity index (χ3v) is 8.49. The predicted octanol–water partition coefficient (Wildman–Crippen LogP) is 3.06. The molecule has 0 aromatic heterocycles. The van der Waals surface area contributed by atoms with Gasteiger partial charge in [-0.05, 0) is 49.8 Å². The number of anilines is 1. The van der Waals surface area contributed by atoms with Crippen molar-refractivity contribution in [1.29, 1.82) is 0 Å². The highest BCUT2D eigenvalue weighted by atomic mass is 35.5. The van der Waals surface area contributed by atoms with Crippen molar-refractivity contribution in [1.82, 2.24) is 10.2 Å². The molecule has 0 radical (unpaired) electrons. The Morgan fingerprint density at radius 2 is 1.93 bits per heavy atom. The van der Waals surface area contributed by atoms with Crippen LogP contribution in [-0.2, 0) is 19.9 Å². The average molecular weight is 448 g/mol. The smallest absolute Gasteiger partial charge is 0.250 e. The van der Waals surface area contributed by atoms with Crippen molar-refractivity contribution in [2.75, 3.05) is 17.3 Å². The van der Waals surface area contributed by atoms with E-state index in [4.69, 9.17) is 11.6 Å². The van der Waals surface area contributed by atoms with Gasteiger partial charge in [0, 0.05) is 22.7 Å². The van der Waals surface area contributed by atoms with E-state index in [0.29, 0.717) is 10.7 Å². The molecule has 5 rings (SSSR count). The van der Waals surface area contributed by atoms with Crippen LogP contribution >= 0.6 is 23.4 Å². The van der Waals surface area contributed by atoms with Gasteiger partial charge >= 0.3 is 0 Å². The number of imide groups is 1. The lowest BCUT2D eigenvalue weighted by Gasteiger charge is -2.31. The van der Waals surface area contributed by atoms with Gasteiger partial charge in [0.2, 0.25) is 17.7 Å². The number of carbonyl (C=O) groups excluding carboxylic acids is 3. The lowest BCUT2D eigenvalue weighted by Crippen LogP contribution is -2.54. The van der Waals surface area contributed by atoms with Crippen molar-refractivity contribution in [2.45, 2.75) is 56.7 Å². The Bertz CT molecular complexity index is 948. The summed E-state index contributed by atoms with van der Waals surface area (Å²) in [6, 6.07) is 3.38. The van der Waals surface area contributed by atoms with Crippen LogP contribution in [0.25, 0.3) is 0 Å². The summed E-state index contributed by atoms with van der Waals surface area (Å²) in [5.41, 5.74) is 0.988. The summed E-state index contributed by atoms with van der Waals surface area (Å²) in [4.78, 5) is 42.2. The van der Waals surface area contributed by atoms with Crippen LogP contribution in [0.5, 0.6) is 0 Å². The molecule has 3 heterocycles. The first-order chi connectivity index (χ1) is 14.4. The van der Waals surface area contributed by atoms with Gasteiger partial charge in [0.15, 0.2) is 0 Å². The number of nitrogens with one attached hydrogen (secondary N) is 2. The summed E-state index contributed by atoms with van der Waals surface area (Å²) < 4.78 is 0. The van der Waals surface area contributed by atoms with Crippen molar-refractivity contribution in [3.63, 3.8) is 0 Å². The van der Waals surface area contributed by atoms with Gasteiger partial charge < -0.3 is 5.32 Å². The van der Waals surface area contributed by atoms with Gasteiger partial charge in [-0.1, -0.05) is 30.5 Å². The van der Waals surface area contributed by atoms with E-state index in [1.807, 2.05) is 19.2 Å². The Balaban J connectivity index is 1.64. The van der Waals surface area contributed by atoms with Crippen LogP contribution in [0.2, 0.25) is 5.02 Å². The maximum Gasteiger partial charge on any atom is 0.250 e. The molecule has 2 N–H and O–H groups in total. The highest BCUT2D eigenvalue weighted by Crippen LogP contribution is 2.55. The van der Waals surface area contributed by atoms with E-state index >= 15 is 0 Å². The Morgan fingerprint density at radius 3 is 2.63 bits per heavy atom. The van der Waals surface area contributed by atoms with Crippen LogP contribution in [0.4, 0.5) is 5.69 Å². The number of benzene rings is 1. The second-order valence-electron chi connectivity index (χ2n) is 8.88. The Morgan fingerprint density at radius 1 is 1.20 bits per heavy atom. The number of hydrogen-bond acceptors (Lipinski definition) is 5. The molecule has 8 heteroatoms. The zero-order valence-electron chi connectivity index (χ0n) is 17.2. The molecular weight excluding hydrogens is 422 g/mol. The minimum absolute atomic E-state index is 0.0234. The number of halogens is 1. The van der Waals surface area contributed by atoms with Gasteiger partial charge in [-0.3, -0.25) is 24.6 Å². The standard InChI is InChI=1S/C22H26ClN3O3S/c1-11-14(23)8-7-13-18(11)24-21(29)22(13)17-16(15(25-22)9-10-30-2)19(27)26(20(17)28)12-5-3-4-6-12/h7-8,12,15-17,25H,3-6,9-10H2,1-2H3,(H,24,29)/t15-,16-,17+,22-/m1/s1. The summed E-state index contributed by atoms with van der Waals surface area (Å²) in [5, 5.41) is 7.04. The molecule has 1 aromatic carbocycles. The molecule has 1 aliphatic carbocycles. The lowest BCUT2D eigenvalue weighted by atomic mass is 9.76. The lowest BCUT2D eigenvalue weighted by molar-refractivity contribution is -0.145. The van der Waals surface area contributed by atoms with Crippen LogP contribution < -0.4 is 10.6 Å². The number of rotatable bonds is 4. The second-order valence-corrected chi connectivity index (χ2v) is 10.3. The Hall–Kier alpha value is -1.57. The maximum atomic E-state index is 13.7. The van der Waals surface area contributed by atoms with Crippen LogP contribution in [0.15, 0.2) is 12.1 Å². The normalized spacial score (nSPS) is 33.0. The van der Waals surface area contributed by atoms with Gasteiger partial charge in [-0.2, -0.15) is 11.8 Å². The Labute approximate surface area is 185 Å². The molecule has 0 bridgehead atoms. The quantitative estimate of drug-likeness (QED) is 0.693. The van der Waals surface area contributed by atoms with Crippen molar-refractivity contribution in [2.24, 2.45) is 11.8 Å². The minimum Gasteiger partial charge on any atom is -0.324 e. The molecule has 3 aliphatic heterocycles. The van der Waals surface area contributed by atoms with E-state index in [-0.39, 0.29) is 29.8 Å². The van der Waals surface area contributed by atoms with Crippen molar-refractivity contribution >= 4 is 46.8 Å². The summed E-state index contributed by atoms with van der Waals surface area (Å²) in [6.07, 6.45) is 6.57. The molecule has 160 valence electrons. The first-order valence-electron chi connectivity index (χ1n) is 10.7. The van der Waals surface area contributed by atoms with Crippen LogP contribution in [0, 0.1) is 18.8 Å². The minimum atomic E-state index is -1.21. The zero-order valence-corrected chi connectivity index (χ0v) is 18.7. The monoisotopic (exact) mass is 447 g/mol. The fourth-order valence-corrected chi connectivity index (χ4v) is 6.67. The topological polar surface area (TPSA) is 78.5 Å². The fraction of sp³-hybridized carbons (Fsp3) is 0.591. The molecule has 3 amide bonds. The van der Waals surface area contributed by atoms with E-state index in [0.717, 1.165) is 49.0 Å². The molecule has 6 nitrogen and oxygen atoms in total. The summed E-state index contributed by atoms with van der Waals surface area (Å²) in [7, 11) is 0. The van der Waals surface area contributed by atoms with E-state index in [2.05, 4.69) is 10.6 Å². The average Bonchev–Trinajstić information content (AvgIpc) is 3.46. The van der Waals surface area contributed by atoms with E-state index in [1.165, 1.54) is 4.90 Å². The third kappa shape index (κ3) is 2.58. The van der Waals surface area contributed by atoms with E-state index < -0.39 is 17.4 Å². The number of hydrogen-bond donors (Lipinski definition) is 2. The molecule has 1 spiro atoms. The number of likely N-dealkylation sites (tertiary alicyclic amines) is 1. The fourth-order valence-electron chi connectivity index (χ4n) is 6.03. The van der Waals surface area contributed by atoms with Crippen molar-refractivity contribution < 1.29 is 14.4 Å². The largest absolute Gasteiger partial charge is 0.324 e. The van der Waals surface area contributed by atoms with Gasteiger partial charge in [-0.25, -0.2) is 0 Å². The molecular formula is C22H26ClN3O3S. The first kappa shape index (κ1) is 20.3. The molecule has 1 aromatic rings. The van der Waals surface area contributed by atoms with Crippen LogP contribution in [-0.4, -0.2) is 46.7 Å². The SMILES string of the molecule is CSCC[C@H]1N[C@@]2(C(=O)Nc3c2ccc(Cl)c3C)[C@@H]2C(=O)N(C3CCCC3)C(=O)[C@@H]21. The summed E-state index contributed by atoms with van der Waals surface area (Å²) in [5.74, 6) is -0.891. The molecule has 4 atom stereocenters. The van der Waals surface area contributed by atoms with Gasteiger partial charge in [-0.15, -0.1) is 0 Å². The van der Waals surface area contributed by atoms with Gasteiger partial charge in [0.25, 0.3) is 0 Å². The van der Waals surface area contributed by atoms with E-state index in [1.54, 1.807) is 17.8 Å². The number of nitrogens with zero attached hydrogens (tertiary/aromatic N) is 1. The highest BCUT2D eigenvalue weighted by Gasteiger charge is 2.70. The number of carbonyl (C=O) groups is 3. The predicted molar refractivity (Wildman–Crippen MR) is 118 cm³/mol. The van der Waals surface area contributed by atoms with Gasteiger partial charge in [0.1, 0.15) is 5.54 Å². The first-order valence-corrected chi connectivity index (χ1v) is 12.4. The summed E-state index contributed by atoms with van der Waals surface area (Å²) >= 11 is 8.01. The second kappa shape index (κ2) is 7.24. The highest BCUT2D eigenvalue weighted by molar-refractivity contribution is 7.98. The number of amides is 3. The molecule has 1 saturated carbocycles. The van der Waals surface area contributed by atoms with Gasteiger partial charge in [0.05, 0.1) is 17.5 Å².